The summed E-state index contributed by atoms with van der Waals surface area (Å²) in [6.07, 6.45) is 7.06. The van der Waals surface area contributed by atoms with E-state index in [2.05, 4.69) is 33.0 Å². The van der Waals surface area contributed by atoms with Crippen LogP contribution in [-0.2, 0) is 6.54 Å². The molecule has 1 aromatic rings. The van der Waals surface area contributed by atoms with Gasteiger partial charge in [0.1, 0.15) is 0 Å². The van der Waals surface area contributed by atoms with Gasteiger partial charge in [0.15, 0.2) is 0 Å². The average Bonchev–Trinajstić information content (AvgIpc) is 2.83. The predicted octanol–water partition coefficient (Wildman–Crippen LogP) is 3.80. The Morgan fingerprint density at radius 3 is 2.94 bits per heavy atom. The molecule has 2 atom stereocenters. The number of nitrogens with zero attached hydrogens (tertiary/aromatic N) is 1. The van der Waals surface area contributed by atoms with E-state index in [0.717, 1.165) is 24.2 Å². The van der Waals surface area contributed by atoms with Gasteiger partial charge in [-0.15, -0.1) is 0 Å². The fraction of sp³-hybridized carbons (Fsp3) is 0.600. The first-order valence-corrected chi connectivity index (χ1v) is 7.81. The third-order valence-electron chi connectivity index (χ3n) is 4.55. The van der Waals surface area contributed by atoms with Gasteiger partial charge in [0.25, 0.3) is 0 Å². The Kier molecular flexibility index (Phi) is 3.62. The standard InChI is InChI=1S/C15H21BrN2/c16-14-7-6-13(17)9-12(14)10-18-8-2-4-11-3-1-5-15(11)18/h6-7,9,11,15H,1-5,8,10,17H2. The van der Waals surface area contributed by atoms with Crippen molar-refractivity contribution in [1.82, 2.24) is 4.90 Å². The van der Waals surface area contributed by atoms with Crippen LogP contribution in [0.5, 0.6) is 0 Å². The van der Waals surface area contributed by atoms with E-state index in [1.807, 2.05) is 6.07 Å². The van der Waals surface area contributed by atoms with E-state index < -0.39 is 0 Å². The molecule has 1 saturated carbocycles. The highest BCUT2D eigenvalue weighted by Gasteiger charge is 2.34. The maximum atomic E-state index is 5.90. The molecule has 1 aromatic carbocycles. The molecule has 3 heteroatoms. The SMILES string of the molecule is Nc1ccc(Br)c(CN2CCCC3CCCC32)c1. The van der Waals surface area contributed by atoms with Crippen molar-refractivity contribution < 1.29 is 0 Å². The lowest BCUT2D eigenvalue weighted by molar-refractivity contribution is 0.105. The summed E-state index contributed by atoms with van der Waals surface area (Å²) in [5.74, 6) is 0.957. The zero-order valence-electron chi connectivity index (χ0n) is 10.7. The topological polar surface area (TPSA) is 29.3 Å². The Hall–Kier alpha value is -0.540. The van der Waals surface area contributed by atoms with Crippen LogP contribution in [0.15, 0.2) is 22.7 Å². The Bertz CT molecular complexity index is 433. The summed E-state index contributed by atoms with van der Waals surface area (Å²) in [5, 5.41) is 0. The van der Waals surface area contributed by atoms with Gasteiger partial charge in [0, 0.05) is 22.7 Å². The molecule has 1 saturated heterocycles. The molecule has 2 nitrogen and oxygen atoms in total. The van der Waals surface area contributed by atoms with E-state index in [-0.39, 0.29) is 0 Å². The number of nitrogens with two attached hydrogens (primary N) is 1. The monoisotopic (exact) mass is 308 g/mol. The van der Waals surface area contributed by atoms with Crippen molar-refractivity contribution in [1.29, 1.82) is 0 Å². The van der Waals surface area contributed by atoms with Gasteiger partial charge in [-0.1, -0.05) is 22.4 Å². The van der Waals surface area contributed by atoms with Crippen molar-refractivity contribution in [2.75, 3.05) is 12.3 Å². The molecule has 2 fully saturated rings. The first kappa shape index (κ1) is 12.5. The van der Waals surface area contributed by atoms with Crippen molar-refractivity contribution in [3.05, 3.63) is 28.2 Å². The smallest absolute Gasteiger partial charge is 0.0318 e. The number of rotatable bonds is 2. The minimum atomic E-state index is 0.826. The number of piperidine rings is 1. The molecular weight excluding hydrogens is 288 g/mol. The molecule has 0 bridgehead atoms. The predicted molar refractivity (Wildman–Crippen MR) is 79.3 cm³/mol. The van der Waals surface area contributed by atoms with E-state index in [1.54, 1.807) is 0 Å². The zero-order valence-corrected chi connectivity index (χ0v) is 12.3. The Labute approximate surface area is 118 Å². The number of likely N-dealkylation sites (tertiary alicyclic amines) is 1. The fourth-order valence-electron chi connectivity index (χ4n) is 3.69. The highest BCUT2D eigenvalue weighted by Crippen LogP contribution is 2.38. The van der Waals surface area contributed by atoms with Gasteiger partial charge >= 0.3 is 0 Å². The highest BCUT2D eigenvalue weighted by molar-refractivity contribution is 9.10. The first-order chi connectivity index (χ1) is 8.74. The average molecular weight is 309 g/mol. The van der Waals surface area contributed by atoms with Crippen LogP contribution in [0.1, 0.15) is 37.7 Å². The van der Waals surface area contributed by atoms with Crippen molar-refractivity contribution in [3.63, 3.8) is 0 Å². The van der Waals surface area contributed by atoms with Crippen LogP contribution in [-0.4, -0.2) is 17.5 Å². The van der Waals surface area contributed by atoms with Crippen LogP contribution >= 0.6 is 15.9 Å². The minimum absolute atomic E-state index is 0.826. The first-order valence-electron chi connectivity index (χ1n) is 7.02. The van der Waals surface area contributed by atoms with Crippen LogP contribution < -0.4 is 5.73 Å². The molecule has 98 valence electrons. The molecule has 0 radical (unpaired) electrons. The van der Waals surface area contributed by atoms with Crippen LogP contribution in [0.3, 0.4) is 0 Å². The van der Waals surface area contributed by atoms with Gasteiger partial charge in [-0.2, -0.15) is 0 Å². The third-order valence-corrected chi connectivity index (χ3v) is 5.33. The Morgan fingerprint density at radius 2 is 2.06 bits per heavy atom. The Morgan fingerprint density at radius 1 is 1.22 bits per heavy atom. The molecule has 0 amide bonds. The van der Waals surface area contributed by atoms with Crippen LogP contribution in [0.2, 0.25) is 0 Å². The van der Waals surface area contributed by atoms with E-state index >= 15 is 0 Å². The number of hydrogen-bond donors (Lipinski definition) is 1. The van der Waals surface area contributed by atoms with Crippen molar-refractivity contribution in [3.8, 4) is 0 Å². The molecule has 18 heavy (non-hydrogen) atoms. The summed E-state index contributed by atoms with van der Waals surface area (Å²) in [7, 11) is 0. The third kappa shape index (κ3) is 2.43. The molecule has 2 N–H and O–H groups in total. The largest absolute Gasteiger partial charge is 0.399 e. The molecule has 0 spiro atoms. The molecule has 3 rings (SSSR count). The summed E-state index contributed by atoms with van der Waals surface area (Å²) >= 11 is 3.65. The van der Waals surface area contributed by atoms with E-state index in [9.17, 15) is 0 Å². The molecule has 1 aliphatic heterocycles. The van der Waals surface area contributed by atoms with Crippen LogP contribution in [0, 0.1) is 5.92 Å². The lowest BCUT2D eigenvalue weighted by atomic mass is 9.91. The zero-order chi connectivity index (χ0) is 12.5. The second-order valence-electron chi connectivity index (χ2n) is 5.72. The Balaban J connectivity index is 1.77. The second-order valence-corrected chi connectivity index (χ2v) is 6.58. The summed E-state index contributed by atoms with van der Waals surface area (Å²) in [4.78, 5) is 2.68. The number of nitrogen functional groups attached to an aromatic ring is 1. The summed E-state index contributed by atoms with van der Waals surface area (Å²) in [5.41, 5.74) is 8.10. The number of anilines is 1. The maximum Gasteiger partial charge on any atom is 0.0318 e. The molecule has 2 unspecified atom stereocenters. The quantitative estimate of drug-likeness (QED) is 0.842. The summed E-state index contributed by atoms with van der Waals surface area (Å²) in [6, 6.07) is 6.97. The molecule has 1 aliphatic carbocycles. The number of halogens is 1. The van der Waals surface area contributed by atoms with E-state index in [1.165, 1.54) is 48.7 Å². The fourth-order valence-corrected chi connectivity index (χ4v) is 4.06. The highest BCUT2D eigenvalue weighted by atomic mass is 79.9. The van der Waals surface area contributed by atoms with E-state index in [4.69, 9.17) is 5.73 Å². The van der Waals surface area contributed by atoms with Crippen molar-refractivity contribution >= 4 is 21.6 Å². The van der Waals surface area contributed by atoms with Gasteiger partial charge in [-0.05, 0) is 61.9 Å². The van der Waals surface area contributed by atoms with E-state index in [0.29, 0.717) is 0 Å². The van der Waals surface area contributed by atoms with Gasteiger partial charge < -0.3 is 5.73 Å². The van der Waals surface area contributed by atoms with Gasteiger partial charge in [-0.25, -0.2) is 0 Å². The van der Waals surface area contributed by atoms with Gasteiger partial charge in [0.05, 0.1) is 0 Å². The van der Waals surface area contributed by atoms with Crippen LogP contribution in [0.25, 0.3) is 0 Å². The minimum Gasteiger partial charge on any atom is -0.399 e. The normalized spacial score (nSPS) is 28.3. The number of fused-ring (bicyclic) bond motifs is 1. The van der Waals surface area contributed by atoms with Crippen molar-refractivity contribution in [2.24, 2.45) is 5.92 Å². The number of hydrogen-bond acceptors (Lipinski definition) is 2. The lowest BCUT2D eigenvalue weighted by Gasteiger charge is -2.38. The van der Waals surface area contributed by atoms with Crippen LogP contribution in [0.4, 0.5) is 5.69 Å². The summed E-state index contributed by atoms with van der Waals surface area (Å²) in [6.45, 7) is 2.30. The molecule has 0 aromatic heterocycles. The molecule has 1 heterocycles. The van der Waals surface area contributed by atoms with Gasteiger partial charge in [-0.3, -0.25) is 4.90 Å². The number of benzene rings is 1. The molecule has 2 aliphatic rings. The maximum absolute atomic E-state index is 5.90. The summed E-state index contributed by atoms with van der Waals surface area (Å²) < 4.78 is 1.19. The molecular formula is C15H21BrN2. The van der Waals surface area contributed by atoms with Gasteiger partial charge in [0.2, 0.25) is 0 Å². The second kappa shape index (κ2) is 5.22. The van der Waals surface area contributed by atoms with Crippen molar-refractivity contribution in [2.45, 2.75) is 44.7 Å². The lowest BCUT2D eigenvalue weighted by Crippen LogP contribution is -2.41.